The van der Waals surface area contributed by atoms with E-state index >= 15 is 0 Å². The largest absolute Gasteiger partial charge is 0.389 e. The number of carbonyl (C=O) groups excluding carboxylic acids is 1. The standard InChI is InChI=1S/C33H46FN5O4S/c1-6-39(22(3)4)32(40)29-18-25(34)8-9-27(29)28-16-24(17-31-30(28)19-35-37(31)5)23-12-15-38(20-23)21-33(41)13-10-26(11-14-33)36-44(42,43)7-2/h8-9,16-19,22-23,26,36,41H,6-7,10-15,20-21H2,1-5H3/t23-,26?,33?/m1/s1. The molecule has 9 nitrogen and oxygen atoms in total. The molecule has 0 unspecified atom stereocenters. The number of likely N-dealkylation sites (tertiary alicyclic amines) is 1. The summed E-state index contributed by atoms with van der Waals surface area (Å²) in [4.78, 5) is 17.7. The lowest BCUT2D eigenvalue weighted by Crippen LogP contribution is -2.49. The van der Waals surface area contributed by atoms with Crippen LogP contribution in [0.25, 0.3) is 22.0 Å². The first-order chi connectivity index (χ1) is 20.8. The van der Waals surface area contributed by atoms with Gasteiger partial charge in [0.05, 0.1) is 28.6 Å². The minimum Gasteiger partial charge on any atom is -0.389 e. The maximum atomic E-state index is 14.6. The van der Waals surface area contributed by atoms with Gasteiger partial charge < -0.3 is 10.0 Å². The normalized spacial score (nSPS) is 23.1. The van der Waals surface area contributed by atoms with Crippen molar-refractivity contribution in [3.63, 3.8) is 0 Å². The van der Waals surface area contributed by atoms with Crippen LogP contribution in [0.4, 0.5) is 4.39 Å². The van der Waals surface area contributed by atoms with Crippen LogP contribution in [-0.2, 0) is 17.1 Å². The van der Waals surface area contributed by atoms with Crippen LogP contribution in [-0.4, -0.2) is 88.6 Å². The summed E-state index contributed by atoms with van der Waals surface area (Å²) >= 11 is 0. The quantitative estimate of drug-likeness (QED) is 0.339. The number of aromatic nitrogens is 2. The van der Waals surface area contributed by atoms with Crippen LogP contribution in [0.5, 0.6) is 0 Å². The van der Waals surface area contributed by atoms with Crippen molar-refractivity contribution < 1.29 is 22.7 Å². The highest BCUT2D eigenvalue weighted by atomic mass is 32.2. The van der Waals surface area contributed by atoms with Gasteiger partial charge in [-0.25, -0.2) is 17.5 Å². The third-order valence-electron chi connectivity index (χ3n) is 9.52. The van der Waals surface area contributed by atoms with E-state index in [0.29, 0.717) is 49.9 Å². The summed E-state index contributed by atoms with van der Waals surface area (Å²) in [5.74, 6) is -0.372. The van der Waals surface area contributed by atoms with Crippen molar-refractivity contribution in [2.45, 2.75) is 83.4 Å². The molecular weight excluding hydrogens is 581 g/mol. The molecule has 240 valence electrons. The Hall–Kier alpha value is -2.86. The molecule has 3 aromatic rings. The summed E-state index contributed by atoms with van der Waals surface area (Å²) in [5, 5.41) is 16.8. The van der Waals surface area contributed by atoms with Gasteiger partial charge in [0, 0.05) is 44.2 Å². The molecule has 2 fully saturated rings. The number of amides is 1. The number of sulfonamides is 1. The van der Waals surface area contributed by atoms with Gasteiger partial charge >= 0.3 is 0 Å². The lowest BCUT2D eigenvalue weighted by atomic mass is 9.82. The minimum atomic E-state index is -3.26. The molecule has 0 bridgehead atoms. The highest BCUT2D eigenvalue weighted by Gasteiger charge is 2.38. The van der Waals surface area contributed by atoms with Gasteiger partial charge in [-0.1, -0.05) is 6.07 Å². The zero-order valence-electron chi connectivity index (χ0n) is 26.5. The van der Waals surface area contributed by atoms with Gasteiger partial charge in [-0.15, -0.1) is 0 Å². The van der Waals surface area contributed by atoms with Crippen molar-refractivity contribution in [2.24, 2.45) is 7.05 Å². The summed E-state index contributed by atoms with van der Waals surface area (Å²) in [6.45, 7) is 10.2. The summed E-state index contributed by atoms with van der Waals surface area (Å²) in [7, 11) is -1.36. The zero-order valence-corrected chi connectivity index (χ0v) is 27.3. The van der Waals surface area contributed by atoms with Crippen LogP contribution in [0.15, 0.2) is 36.5 Å². The smallest absolute Gasteiger partial charge is 0.254 e. The fourth-order valence-electron chi connectivity index (χ4n) is 6.99. The highest BCUT2D eigenvalue weighted by molar-refractivity contribution is 7.89. The van der Waals surface area contributed by atoms with Crippen molar-refractivity contribution in [1.29, 1.82) is 0 Å². The fourth-order valence-corrected chi connectivity index (χ4v) is 7.90. The summed E-state index contributed by atoms with van der Waals surface area (Å²) in [5.41, 5.74) is 3.12. The van der Waals surface area contributed by atoms with Crippen LogP contribution < -0.4 is 4.72 Å². The molecule has 5 rings (SSSR count). The number of carbonyl (C=O) groups is 1. The fraction of sp³-hybridized carbons (Fsp3) is 0.576. The lowest BCUT2D eigenvalue weighted by Gasteiger charge is -2.38. The first-order valence-electron chi connectivity index (χ1n) is 15.8. The molecule has 1 saturated carbocycles. The molecule has 1 aliphatic heterocycles. The molecule has 0 spiro atoms. The summed E-state index contributed by atoms with van der Waals surface area (Å²) in [6, 6.07) is 8.61. The number of aliphatic hydroxyl groups is 1. The number of hydrogen-bond acceptors (Lipinski definition) is 6. The minimum absolute atomic E-state index is 0.0247. The second kappa shape index (κ2) is 12.9. The monoisotopic (exact) mass is 627 g/mol. The number of nitrogens with zero attached hydrogens (tertiary/aromatic N) is 4. The Morgan fingerprint density at radius 3 is 2.55 bits per heavy atom. The number of aryl methyl sites for hydroxylation is 1. The Bertz CT molecular complexity index is 1610. The highest BCUT2D eigenvalue weighted by Crippen LogP contribution is 2.39. The van der Waals surface area contributed by atoms with Gasteiger partial charge in [0.2, 0.25) is 10.0 Å². The molecule has 2 heterocycles. The Balaban J connectivity index is 1.39. The van der Waals surface area contributed by atoms with Gasteiger partial charge in [0.1, 0.15) is 5.82 Å². The first kappa shape index (κ1) is 32.5. The van der Waals surface area contributed by atoms with E-state index in [0.717, 1.165) is 41.5 Å². The number of hydrogen-bond donors (Lipinski definition) is 2. The molecule has 44 heavy (non-hydrogen) atoms. The number of rotatable bonds is 10. The second-order valence-electron chi connectivity index (χ2n) is 12.9. The molecule has 1 aromatic heterocycles. The van der Waals surface area contributed by atoms with Gasteiger partial charge in [0.25, 0.3) is 5.91 Å². The number of β-amino-alcohol motifs (C(OH)–C–C–N with tert-alkyl or cyclic N) is 1. The van der Waals surface area contributed by atoms with E-state index in [1.54, 1.807) is 24.1 Å². The van der Waals surface area contributed by atoms with Crippen LogP contribution in [0.2, 0.25) is 0 Å². The van der Waals surface area contributed by atoms with Crippen LogP contribution in [0.1, 0.15) is 81.6 Å². The predicted octanol–water partition coefficient (Wildman–Crippen LogP) is 4.65. The van der Waals surface area contributed by atoms with Crippen LogP contribution in [0.3, 0.4) is 0 Å². The molecule has 1 atom stereocenters. The third-order valence-corrected chi connectivity index (χ3v) is 11.0. The SMILES string of the molecule is CCN(C(=O)c1cc(F)ccc1-c1cc([C@@H]2CCN(CC3(O)CCC(NS(=O)(=O)CC)CC3)C2)cc2c1cnn2C)C(C)C. The lowest BCUT2D eigenvalue weighted by molar-refractivity contribution is -0.0262. The van der Waals surface area contributed by atoms with E-state index < -0.39 is 21.4 Å². The maximum absolute atomic E-state index is 14.6. The first-order valence-corrected chi connectivity index (χ1v) is 17.5. The zero-order chi connectivity index (χ0) is 31.8. The van der Waals surface area contributed by atoms with Crippen molar-refractivity contribution in [2.75, 3.05) is 31.9 Å². The summed E-state index contributed by atoms with van der Waals surface area (Å²) < 4.78 is 43.2. The Kier molecular flexibility index (Phi) is 9.51. The average molecular weight is 628 g/mol. The molecule has 11 heteroatoms. The van der Waals surface area contributed by atoms with Crippen molar-refractivity contribution in [3.8, 4) is 11.1 Å². The van der Waals surface area contributed by atoms with Gasteiger partial charge in [-0.05, 0) is 113 Å². The number of nitrogens with one attached hydrogen (secondary N) is 1. The maximum Gasteiger partial charge on any atom is 0.254 e. The van der Waals surface area contributed by atoms with Gasteiger partial charge in [-0.2, -0.15) is 5.10 Å². The third kappa shape index (κ3) is 6.85. The number of fused-ring (bicyclic) bond motifs is 1. The molecule has 2 N–H and O–H groups in total. The van der Waals surface area contributed by atoms with Crippen molar-refractivity contribution in [3.05, 3.63) is 53.5 Å². The van der Waals surface area contributed by atoms with E-state index in [9.17, 15) is 22.7 Å². The predicted molar refractivity (Wildman–Crippen MR) is 172 cm³/mol. The number of halogens is 1. The molecule has 1 saturated heterocycles. The Morgan fingerprint density at radius 2 is 1.89 bits per heavy atom. The number of benzene rings is 2. The van der Waals surface area contributed by atoms with Gasteiger partial charge in [0.15, 0.2) is 0 Å². The van der Waals surface area contributed by atoms with E-state index in [2.05, 4.69) is 26.9 Å². The molecule has 2 aromatic carbocycles. The van der Waals surface area contributed by atoms with Crippen molar-refractivity contribution in [1.82, 2.24) is 24.3 Å². The molecular formula is C33H46FN5O4S. The van der Waals surface area contributed by atoms with E-state index in [1.165, 1.54) is 12.1 Å². The molecule has 1 aliphatic carbocycles. The van der Waals surface area contributed by atoms with Crippen molar-refractivity contribution >= 4 is 26.8 Å². The van der Waals surface area contributed by atoms with E-state index in [4.69, 9.17) is 0 Å². The van der Waals surface area contributed by atoms with Gasteiger partial charge in [-0.3, -0.25) is 14.4 Å². The Morgan fingerprint density at radius 1 is 1.16 bits per heavy atom. The summed E-state index contributed by atoms with van der Waals surface area (Å²) in [6.07, 6.45) is 5.09. The van der Waals surface area contributed by atoms with Crippen LogP contribution in [0, 0.1) is 5.82 Å². The molecule has 1 amide bonds. The van der Waals surface area contributed by atoms with Crippen LogP contribution >= 0.6 is 0 Å². The van der Waals surface area contributed by atoms with E-state index in [-0.39, 0.29) is 29.7 Å². The van der Waals surface area contributed by atoms with E-state index in [1.807, 2.05) is 32.5 Å². The second-order valence-corrected chi connectivity index (χ2v) is 14.9. The Labute approximate surface area is 260 Å². The molecule has 2 aliphatic rings. The topological polar surface area (TPSA) is 108 Å². The molecule has 0 radical (unpaired) electrons. The average Bonchev–Trinajstić information content (AvgIpc) is 3.60.